The third-order valence-electron chi connectivity index (χ3n) is 11.5. The van der Waals surface area contributed by atoms with Gasteiger partial charge < -0.3 is 14.2 Å². The SMILES string of the molecule is CC/C=C\C/C=C\C/C=C\C/C=C\CCC(=O)OCC(COC(=O)CCCCCCCCC/C=C\CCCCCCCC)OC(=O)CCCCCCCCCCCCCCCCC. The Morgan fingerprint density at radius 2 is 0.651 bits per heavy atom. The topological polar surface area (TPSA) is 78.9 Å². The van der Waals surface area contributed by atoms with Crippen molar-refractivity contribution in [1.29, 1.82) is 0 Å². The smallest absolute Gasteiger partial charge is 0.306 e. The van der Waals surface area contributed by atoms with E-state index in [4.69, 9.17) is 14.2 Å². The number of esters is 3. The maximum Gasteiger partial charge on any atom is 0.306 e. The Bertz CT molecular complexity index is 1150. The summed E-state index contributed by atoms with van der Waals surface area (Å²) in [4.78, 5) is 38.0. The lowest BCUT2D eigenvalue weighted by Gasteiger charge is -2.18. The highest BCUT2D eigenvalue weighted by molar-refractivity contribution is 5.71. The average molecular weight is 881 g/mol. The van der Waals surface area contributed by atoms with Crippen LogP contribution in [0.15, 0.2) is 60.8 Å². The average Bonchev–Trinajstić information content (AvgIpc) is 3.28. The van der Waals surface area contributed by atoms with Gasteiger partial charge in [0, 0.05) is 19.3 Å². The highest BCUT2D eigenvalue weighted by atomic mass is 16.6. The van der Waals surface area contributed by atoms with E-state index in [0.29, 0.717) is 19.3 Å². The van der Waals surface area contributed by atoms with E-state index < -0.39 is 6.10 Å². The van der Waals surface area contributed by atoms with Gasteiger partial charge >= 0.3 is 17.9 Å². The molecule has 0 amide bonds. The van der Waals surface area contributed by atoms with Crippen LogP contribution in [0.1, 0.15) is 265 Å². The molecule has 1 atom stereocenters. The number of allylic oxidation sites excluding steroid dienone is 10. The Labute approximate surface area is 390 Å². The number of hydrogen-bond acceptors (Lipinski definition) is 6. The first-order valence-corrected chi connectivity index (χ1v) is 26.8. The van der Waals surface area contributed by atoms with Crippen molar-refractivity contribution in [2.75, 3.05) is 13.2 Å². The van der Waals surface area contributed by atoms with Gasteiger partial charge in [-0.25, -0.2) is 0 Å². The summed E-state index contributed by atoms with van der Waals surface area (Å²) in [7, 11) is 0. The van der Waals surface area contributed by atoms with E-state index >= 15 is 0 Å². The minimum absolute atomic E-state index is 0.0962. The number of ether oxygens (including phenoxy) is 3. The van der Waals surface area contributed by atoms with E-state index in [1.165, 1.54) is 154 Å². The molecule has 0 N–H and O–H groups in total. The summed E-state index contributed by atoms with van der Waals surface area (Å²) in [5, 5.41) is 0. The molecule has 0 spiro atoms. The minimum Gasteiger partial charge on any atom is -0.462 e. The Kier molecular flexibility index (Phi) is 49.4. The van der Waals surface area contributed by atoms with Gasteiger partial charge in [-0.2, -0.15) is 0 Å². The molecule has 63 heavy (non-hydrogen) atoms. The van der Waals surface area contributed by atoms with Crippen LogP contribution in [0.4, 0.5) is 0 Å². The highest BCUT2D eigenvalue weighted by Crippen LogP contribution is 2.15. The lowest BCUT2D eigenvalue weighted by molar-refractivity contribution is -0.166. The maximum absolute atomic E-state index is 12.8. The van der Waals surface area contributed by atoms with Crippen molar-refractivity contribution in [3.63, 3.8) is 0 Å². The van der Waals surface area contributed by atoms with Gasteiger partial charge in [0.1, 0.15) is 13.2 Å². The first kappa shape index (κ1) is 60.1. The Hall–Kier alpha value is -2.89. The van der Waals surface area contributed by atoms with Gasteiger partial charge in [0.2, 0.25) is 0 Å². The summed E-state index contributed by atoms with van der Waals surface area (Å²) >= 11 is 0. The van der Waals surface area contributed by atoms with Gasteiger partial charge in [0.15, 0.2) is 6.10 Å². The van der Waals surface area contributed by atoms with E-state index in [0.717, 1.165) is 64.2 Å². The van der Waals surface area contributed by atoms with Crippen molar-refractivity contribution < 1.29 is 28.6 Å². The third-order valence-corrected chi connectivity index (χ3v) is 11.5. The number of carbonyl (C=O) groups excluding carboxylic acids is 3. The first-order chi connectivity index (χ1) is 31.0. The fourth-order valence-corrected chi connectivity index (χ4v) is 7.51. The molecule has 0 saturated heterocycles. The van der Waals surface area contributed by atoms with Crippen LogP contribution in [0, 0.1) is 0 Å². The van der Waals surface area contributed by atoms with Crippen LogP contribution in [-0.4, -0.2) is 37.2 Å². The maximum atomic E-state index is 12.8. The van der Waals surface area contributed by atoms with Crippen molar-refractivity contribution in [1.82, 2.24) is 0 Å². The zero-order chi connectivity index (χ0) is 45.8. The predicted molar refractivity (Wildman–Crippen MR) is 270 cm³/mol. The molecule has 0 aliphatic carbocycles. The van der Waals surface area contributed by atoms with E-state index in [2.05, 4.69) is 75.5 Å². The molecule has 364 valence electrons. The third kappa shape index (κ3) is 50.0. The minimum atomic E-state index is -0.801. The summed E-state index contributed by atoms with van der Waals surface area (Å²) in [6.45, 7) is 6.47. The Morgan fingerprint density at radius 3 is 1.06 bits per heavy atom. The van der Waals surface area contributed by atoms with E-state index in [1.54, 1.807) is 0 Å². The molecule has 0 fully saturated rings. The molecule has 0 aliphatic rings. The second-order valence-electron chi connectivity index (χ2n) is 17.8. The summed E-state index contributed by atoms with van der Waals surface area (Å²) in [5.41, 5.74) is 0. The van der Waals surface area contributed by atoms with Crippen molar-refractivity contribution in [3.8, 4) is 0 Å². The molecule has 0 bridgehead atoms. The van der Waals surface area contributed by atoms with Crippen molar-refractivity contribution in [2.45, 2.75) is 271 Å². The van der Waals surface area contributed by atoms with Crippen molar-refractivity contribution in [2.24, 2.45) is 0 Å². The quantitative estimate of drug-likeness (QED) is 0.0262. The second kappa shape index (κ2) is 51.7. The predicted octanol–water partition coefficient (Wildman–Crippen LogP) is 17.6. The number of hydrogen-bond donors (Lipinski definition) is 0. The van der Waals surface area contributed by atoms with Gasteiger partial charge in [0.25, 0.3) is 0 Å². The summed E-state index contributed by atoms with van der Waals surface area (Å²) in [5.74, 6) is -0.977. The summed E-state index contributed by atoms with van der Waals surface area (Å²) in [6, 6.07) is 0. The Morgan fingerprint density at radius 1 is 0.333 bits per heavy atom. The van der Waals surface area contributed by atoms with Gasteiger partial charge in [0.05, 0.1) is 0 Å². The van der Waals surface area contributed by atoms with Crippen LogP contribution in [0.25, 0.3) is 0 Å². The van der Waals surface area contributed by atoms with Crippen molar-refractivity contribution >= 4 is 17.9 Å². The fraction of sp³-hybridized carbons (Fsp3) is 0.772. The molecule has 0 radical (unpaired) electrons. The number of carbonyl (C=O) groups is 3. The van der Waals surface area contributed by atoms with Crippen LogP contribution in [0.2, 0.25) is 0 Å². The lowest BCUT2D eigenvalue weighted by Crippen LogP contribution is -2.30. The molecule has 6 heteroatoms. The molecule has 1 unspecified atom stereocenters. The number of rotatable bonds is 48. The molecule has 0 aromatic heterocycles. The van der Waals surface area contributed by atoms with Gasteiger partial charge in [-0.1, -0.05) is 236 Å². The molecule has 0 heterocycles. The lowest BCUT2D eigenvalue weighted by atomic mass is 10.0. The van der Waals surface area contributed by atoms with Gasteiger partial charge in [-0.3, -0.25) is 14.4 Å². The molecule has 0 aromatic rings. The number of unbranched alkanes of at least 4 members (excludes halogenated alkanes) is 27. The summed E-state index contributed by atoms with van der Waals surface area (Å²) in [6.07, 6.45) is 63.6. The molecule has 0 rings (SSSR count). The van der Waals surface area contributed by atoms with Crippen molar-refractivity contribution in [3.05, 3.63) is 60.8 Å². The fourth-order valence-electron chi connectivity index (χ4n) is 7.51. The zero-order valence-corrected chi connectivity index (χ0v) is 41.6. The molecule has 0 aromatic carbocycles. The molecular formula is C57H100O6. The largest absolute Gasteiger partial charge is 0.462 e. The van der Waals surface area contributed by atoms with Gasteiger partial charge in [-0.05, 0) is 70.6 Å². The van der Waals surface area contributed by atoms with Crippen LogP contribution < -0.4 is 0 Å². The molecule has 0 saturated carbocycles. The van der Waals surface area contributed by atoms with E-state index in [9.17, 15) is 14.4 Å². The van der Waals surface area contributed by atoms with E-state index in [-0.39, 0.29) is 37.5 Å². The standard InChI is InChI=1S/C57H100O6/c1-4-7-10-13-16-19-22-25-27-28-30-32-35-38-41-44-47-50-56(59)62-53-54(52-61-55(58)49-46-43-40-37-34-31-24-21-18-15-12-9-6-3)63-57(60)51-48-45-42-39-36-33-29-26-23-20-17-14-11-8-5-2/h9,12,18,21,25,27,31,34,40,43,54H,4-8,10-11,13-17,19-20,22-24,26,28-30,32-33,35-39,41-42,44-53H2,1-3H3/b12-9-,21-18-,27-25-,34-31-,43-40-. The molecular weight excluding hydrogens is 781 g/mol. The normalized spacial score (nSPS) is 12.5. The highest BCUT2D eigenvalue weighted by Gasteiger charge is 2.19. The molecule has 6 nitrogen and oxygen atoms in total. The molecule has 0 aliphatic heterocycles. The zero-order valence-electron chi connectivity index (χ0n) is 41.6. The first-order valence-electron chi connectivity index (χ1n) is 26.8. The van der Waals surface area contributed by atoms with Crippen LogP contribution in [0.5, 0.6) is 0 Å². The van der Waals surface area contributed by atoms with Crippen LogP contribution in [0.3, 0.4) is 0 Å². The second-order valence-corrected chi connectivity index (χ2v) is 17.8. The van der Waals surface area contributed by atoms with Crippen LogP contribution >= 0.6 is 0 Å². The van der Waals surface area contributed by atoms with E-state index in [1.807, 2.05) is 6.08 Å². The van der Waals surface area contributed by atoms with Gasteiger partial charge in [-0.15, -0.1) is 0 Å². The summed E-state index contributed by atoms with van der Waals surface area (Å²) < 4.78 is 16.7. The Balaban J connectivity index is 4.42. The van der Waals surface area contributed by atoms with Crippen LogP contribution in [-0.2, 0) is 28.6 Å². The monoisotopic (exact) mass is 881 g/mol.